The lowest BCUT2D eigenvalue weighted by Crippen LogP contribution is -2.46. The fourth-order valence-electron chi connectivity index (χ4n) is 2.84. The number of amides is 1. The monoisotopic (exact) mass is 375 g/mol. The summed E-state index contributed by atoms with van der Waals surface area (Å²) < 4.78 is 5.24. The molecule has 1 saturated heterocycles. The molecule has 1 aromatic carbocycles. The molecular formula is C18H22ClN5O2. The predicted molar refractivity (Wildman–Crippen MR) is 102 cm³/mol. The van der Waals surface area contributed by atoms with Gasteiger partial charge in [0.1, 0.15) is 5.75 Å². The molecule has 7 nitrogen and oxygen atoms in total. The van der Waals surface area contributed by atoms with Gasteiger partial charge in [-0.15, -0.1) is 0 Å². The van der Waals surface area contributed by atoms with E-state index in [2.05, 4.69) is 32.0 Å². The number of piperazine rings is 1. The van der Waals surface area contributed by atoms with Crippen LogP contribution in [0, 0.1) is 0 Å². The Labute approximate surface area is 157 Å². The number of rotatable bonds is 5. The van der Waals surface area contributed by atoms with E-state index in [4.69, 9.17) is 16.3 Å². The number of anilines is 2. The summed E-state index contributed by atoms with van der Waals surface area (Å²) >= 11 is 5.99. The van der Waals surface area contributed by atoms with Gasteiger partial charge >= 0.3 is 0 Å². The number of carbonyl (C=O) groups is 1. The van der Waals surface area contributed by atoms with Crippen molar-refractivity contribution >= 4 is 29.1 Å². The number of halogens is 1. The fraction of sp³-hybridized carbons (Fsp3) is 0.389. The Hall–Kier alpha value is -2.38. The lowest BCUT2D eigenvalue weighted by molar-refractivity contribution is 0.102. The van der Waals surface area contributed by atoms with Crippen molar-refractivity contribution in [1.82, 2.24) is 14.9 Å². The Morgan fingerprint density at radius 1 is 1.23 bits per heavy atom. The van der Waals surface area contributed by atoms with Gasteiger partial charge in [0.2, 0.25) is 5.95 Å². The maximum atomic E-state index is 12.5. The number of nitrogens with one attached hydrogen (secondary N) is 1. The Bertz CT molecular complexity index is 761. The van der Waals surface area contributed by atoms with Gasteiger partial charge in [-0.05, 0) is 24.7 Å². The third-order valence-corrected chi connectivity index (χ3v) is 4.65. The number of ether oxygens (including phenoxy) is 1. The minimum atomic E-state index is -0.312. The van der Waals surface area contributed by atoms with Crippen molar-refractivity contribution in [3.63, 3.8) is 0 Å². The molecule has 1 amide bonds. The van der Waals surface area contributed by atoms with Crippen molar-refractivity contribution < 1.29 is 9.53 Å². The molecule has 0 spiro atoms. The highest BCUT2D eigenvalue weighted by molar-refractivity contribution is 6.31. The number of nitrogens with zero attached hydrogens (tertiary/aromatic N) is 4. The third kappa shape index (κ3) is 4.23. The first-order valence-corrected chi connectivity index (χ1v) is 8.92. The molecule has 1 fully saturated rings. The molecule has 1 aliphatic heterocycles. The smallest absolute Gasteiger partial charge is 0.258 e. The first-order valence-electron chi connectivity index (χ1n) is 8.55. The maximum absolute atomic E-state index is 12.5. The van der Waals surface area contributed by atoms with Gasteiger partial charge in [-0.1, -0.05) is 18.5 Å². The number of methoxy groups -OCH3 is 1. The lowest BCUT2D eigenvalue weighted by Gasteiger charge is -2.33. The van der Waals surface area contributed by atoms with E-state index in [0.29, 0.717) is 28.0 Å². The second-order valence-corrected chi connectivity index (χ2v) is 6.43. The van der Waals surface area contributed by atoms with Crippen molar-refractivity contribution in [2.75, 3.05) is 50.1 Å². The molecule has 1 aliphatic rings. The molecule has 0 saturated carbocycles. The lowest BCUT2D eigenvalue weighted by atomic mass is 10.2. The van der Waals surface area contributed by atoms with Crippen LogP contribution in [-0.2, 0) is 0 Å². The molecule has 8 heteroatoms. The Balaban J connectivity index is 1.67. The summed E-state index contributed by atoms with van der Waals surface area (Å²) in [6.45, 7) is 6.99. The Morgan fingerprint density at radius 2 is 1.92 bits per heavy atom. The van der Waals surface area contributed by atoms with Gasteiger partial charge < -0.3 is 19.9 Å². The second kappa shape index (κ2) is 8.33. The number of hydrogen-bond acceptors (Lipinski definition) is 6. The molecule has 0 radical (unpaired) electrons. The molecule has 138 valence electrons. The van der Waals surface area contributed by atoms with Gasteiger partial charge in [0, 0.05) is 43.6 Å². The maximum Gasteiger partial charge on any atom is 0.258 e. The van der Waals surface area contributed by atoms with Crippen LogP contribution in [0.4, 0.5) is 11.6 Å². The van der Waals surface area contributed by atoms with Crippen LogP contribution in [0.15, 0.2) is 30.6 Å². The normalized spacial score (nSPS) is 15.0. The summed E-state index contributed by atoms with van der Waals surface area (Å²) in [5.74, 6) is 0.875. The van der Waals surface area contributed by atoms with E-state index in [-0.39, 0.29) is 5.91 Å². The van der Waals surface area contributed by atoms with Gasteiger partial charge in [0.25, 0.3) is 5.91 Å². The van der Waals surface area contributed by atoms with Gasteiger partial charge in [-0.3, -0.25) is 4.79 Å². The van der Waals surface area contributed by atoms with E-state index in [1.54, 1.807) is 30.6 Å². The van der Waals surface area contributed by atoms with E-state index in [0.717, 1.165) is 32.7 Å². The average Bonchev–Trinajstić information content (AvgIpc) is 2.68. The summed E-state index contributed by atoms with van der Waals surface area (Å²) in [7, 11) is 1.54. The van der Waals surface area contributed by atoms with Crippen LogP contribution in [0.5, 0.6) is 5.75 Å². The molecule has 2 heterocycles. The van der Waals surface area contributed by atoms with Crippen molar-refractivity contribution in [1.29, 1.82) is 0 Å². The first kappa shape index (κ1) is 18.4. The number of carbonyl (C=O) groups excluding carboxylic acids is 1. The van der Waals surface area contributed by atoms with E-state index >= 15 is 0 Å². The highest BCUT2D eigenvalue weighted by Gasteiger charge is 2.18. The molecule has 0 bridgehead atoms. The fourth-order valence-corrected chi connectivity index (χ4v) is 3.01. The zero-order valence-electron chi connectivity index (χ0n) is 14.9. The van der Waals surface area contributed by atoms with Crippen LogP contribution in [0.1, 0.15) is 17.3 Å². The molecule has 2 aromatic rings. The van der Waals surface area contributed by atoms with Crippen LogP contribution in [0.25, 0.3) is 0 Å². The first-order chi connectivity index (χ1) is 12.6. The summed E-state index contributed by atoms with van der Waals surface area (Å²) in [4.78, 5) is 25.7. The summed E-state index contributed by atoms with van der Waals surface area (Å²) in [5, 5.41) is 3.30. The van der Waals surface area contributed by atoms with Gasteiger partial charge in [-0.25, -0.2) is 9.97 Å². The highest BCUT2D eigenvalue weighted by atomic mass is 35.5. The molecule has 0 atom stereocenters. The Morgan fingerprint density at radius 3 is 2.54 bits per heavy atom. The minimum Gasteiger partial charge on any atom is -0.495 e. The molecule has 1 N–H and O–H groups in total. The van der Waals surface area contributed by atoms with Crippen molar-refractivity contribution in [2.24, 2.45) is 0 Å². The standard InChI is InChI=1S/C18H22ClN5O2/c1-3-23-6-8-24(9-7-23)18-20-11-13(12-21-18)17(25)22-15-10-14(19)4-5-16(15)26-2/h4-5,10-12H,3,6-9H2,1-2H3,(H,22,25). The SMILES string of the molecule is CCN1CCN(c2ncc(C(=O)Nc3cc(Cl)ccc3OC)cn2)CC1. The van der Waals surface area contributed by atoms with Crippen LogP contribution >= 0.6 is 11.6 Å². The second-order valence-electron chi connectivity index (χ2n) is 5.99. The Kier molecular flexibility index (Phi) is 5.90. The molecule has 1 aromatic heterocycles. The zero-order chi connectivity index (χ0) is 18.5. The topological polar surface area (TPSA) is 70.6 Å². The molecule has 0 unspecified atom stereocenters. The van der Waals surface area contributed by atoms with Crippen LogP contribution in [0.3, 0.4) is 0 Å². The molecule has 0 aliphatic carbocycles. The van der Waals surface area contributed by atoms with Crippen molar-refractivity contribution in [2.45, 2.75) is 6.92 Å². The highest BCUT2D eigenvalue weighted by Crippen LogP contribution is 2.28. The van der Waals surface area contributed by atoms with Crippen LogP contribution in [0.2, 0.25) is 5.02 Å². The van der Waals surface area contributed by atoms with Crippen LogP contribution in [-0.4, -0.2) is 60.6 Å². The number of hydrogen-bond donors (Lipinski definition) is 1. The molecular weight excluding hydrogens is 354 g/mol. The number of likely N-dealkylation sites (N-methyl/N-ethyl adjacent to an activating group) is 1. The summed E-state index contributed by atoms with van der Waals surface area (Å²) in [6, 6.07) is 5.04. The number of aromatic nitrogens is 2. The quantitative estimate of drug-likeness (QED) is 0.866. The van der Waals surface area contributed by atoms with E-state index in [9.17, 15) is 4.79 Å². The van der Waals surface area contributed by atoms with Gasteiger partial charge in [0.15, 0.2) is 0 Å². The van der Waals surface area contributed by atoms with E-state index in [1.165, 1.54) is 7.11 Å². The van der Waals surface area contributed by atoms with Crippen LogP contribution < -0.4 is 15.0 Å². The molecule has 3 rings (SSSR count). The zero-order valence-corrected chi connectivity index (χ0v) is 15.7. The minimum absolute atomic E-state index is 0.312. The van der Waals surface area contributed by atoms with Gasteiger partial charge in [0.05, 0.1) is 18.4 Å². The third-order valence-electron chi connectivity index (χ3n) is 4.41. The average molecular weight is 376 g/mol. The van der Waals surface area contributed by atoms with Gasteiger partial charge in [-0.2, -0.15) is 0 Å². The summed E-state index contributed by atoms with van der Waals surface area (Å²) in [5.41, 5.74) is 0.882. The molecule has 26 heavy (non-hydrogen) atoms. The predicted octanol–water partition coefficient (Wildman–Crippen LogP) is 2.53. The van der Waals surface area contributed by atoms with Crippen molar-refractivity contribution in [3.8, 4) is 5.75 Å². The van der Waals surface area contributed by atoms with E-state index in [1.807, 2.05) is 0 Å². The summed E-state index contributed by atoms with van der Waals surface area (Å²) in [6.07, 6.45) is 3.09. The van der Waals surface area contributed by atoms with E-state index < -0.39 is 0 Å². The van der Waals surface area contributed by atoms with Crippen molar-refractivity contribution in [3.05, 3.63) is 41.2 Å². The largest absolute Gasteiger partial charge is 0.495 e. The number of benzene rings is 1.